The molecule has 0 amide bonds. The molecule has 1 aliphatic rings. The number of carbonyl (C=O) groups excluding carboxylic acids is 1. The first-order chi connectivity index (χ1) is 20.5. The third-order valence-corrected chi connectivity index (χ3v) is 8.94. The van der Waals surface area contributed by atoms with Gasteiger partial charge in [0.25, 0.3) is 0 Å². The van der Waals surface area contributed by atoms with E-state index in [-0.39, 0.29) is 17.8 Å². The van der Waals surface area contributed by atoms with Crippen LogP contribution in [0.4, 0.5) is 0 Å². The van der Waals surface area contributed by atoms with Gasteiger partial charge in [0.05, 0.1) is 17.1 Å². The Hall–Kier alpha value is -4.76. The van der Waals surface area contributed by atoms with Crippen LogP contribution in [0.5, 0.6) is 5.75 Å². The molecule has 3 heteroatoms. The molecule has 0 radical (unpaired) electrons. The van der Waals surface area contributed by atoms with Gasteiger partial charge in [-0.1, -0.05) is 105 Å². The summed E-state index contributed by atoms with van der Waals surface area (Å²) in [5.41, 5.74) is 6.49. The Morgan fingerprint density at radius 3 is 2.02 bits per heavy atom. The highest BCUT2D eigenvalue weighted by atomic mass is 16.5. The number of ether oxygens (including phenoxy) is 1. The van der Waals surface area contributed by atoms with Gasteiger partial charge < -0.3 is 4.74 Å². The van der Waals surface area contributed by atoms with Crippen LogP contribution in [0.2, 0.25) is 0 Å². The van der Waals surface area contributed by atoms with Gasteiger partial charge in [-0.15, -0.1) is 0 Å². The van der Waals surface area contributed by atoms with Crippen LogP contribution in [-0.2, 0) is 10.2 Å². The first kappa shape index (κ1) is 26.2. The lowest BCUT2D eigenvalue weighted by molar-refractivity contribution is -0.139. The van der Waals surface area contributed by atoms with E-state index in [1.54, 1.807) is 0 Å². The second-order valence-electron chi connectivity index (χ2n) is 11.8. The van der Waals surface area contributed by atoms with E-state index in [0.29, 0.717) is 12.2 Å². The van der Waals surface area contributed by atoms with E-state index in [1.807, 2.05) is 43.3 Å². The lowest BCUT2D eigenvalue weighted by Crippen LogP contribution is -2.33. The molecule has 6 aromatic rings. The number of hydrogen-bond donors (Lipinski definition) is 0. The summed E-state index contributed by atoms with van der Waals surface area (Å²) in [5.74, 6) is 0.273. The monoisotopic (exact) mass is 547 g/mol. The largest absolute Gasteiger partial charge is 0.426 e. The second-order valence-corrected chi connectivity index (χ2v) is 11.8. The quantitative estimate of drug-likeness (QED) is 0.148. The van der Waals surface area contributed by atoms with Crippen molar-refractivity contribution in [3.8, 4) is 17.0 Å². The summed E-state index contributed by atoms with van der Waals surface area (Å²) >= 11 is 0. The Morgan fingerprint density at radius 1 is 0.690 bits per heavy atom. The zero-order chi connectivity index (χ0) is 28.7. The van der Waals surface area contributed by atoms with Crippen molar-refractivity contribution in [3.05, 3.63) is 144 Å². The fourth-order valence-corrected chi connectivity index (χ4v) is 6.92. The van der Waals surface area contributed by atoms with Gasteiger partial charge in [-0.05, 0) is 82.6 Å². The normalized spacial score (nSPS) is 17.0. The fraction of sp³-hybridized carbons (Fsp3) is 0.179. The van der Waals surface area contributed by atoms with Crippen molar-refractivity contribution in [1.82, 2.24) is 4.98 Å². The summed E-state index contributed by atoms with van der Waals surface area (Å²) in [4.78, 5) is 18.9. The molecule has 3 atom stereocenters. The molecule has 7 rings (SSSR count). The highest BCUT2D eigenvalue weighted by Gasteiger charge is 2.47. The molecule has 1 aliphatic carbocycles. The van der Waals surface area contributed by atoms with Crippen molar-refractivity contribution in [2.45, 2.75) is 38.0 Å². The summed E-state index contributed by atoms with van der Waals surface area (Å²) < 4.78 is 5.88. The van der Waals surface area contributed by atoms with E-state index in [2.05, 4.69) is 97.9 Å². The molecule has 0 saturated heterocycles. The summed E-state index contributed by atoms with van der Waals surface area (Å²) in [6.07, 6.45) is 1.46. The smallest absolute Gasteiger partial charge is 0.314 e. The van der Waals surface area contributed by atoms with Crippen molar-refractivity contribution in [2.24, 2.45) is 5.92 Å². The van der Waals surface area contributed by atoms with Gasteiger partial charge >= 0.3 is 5.97 Å². The van der Waals surface area contributed by atoms with E-state index in [4.69, 9.17) is 9.72 Å². The summed E-state index contributed by atoms with van der Waals surface area (Å²) in [6.45, 7) is 4.31. The highest BCUT2D eigenvalue weighted by molar-refractivity contribution is 5.95. The van der Waals surface area contributed by atoms with Crippen molar-refractivity contribution in [2.75, 3.05) is 0 Å². The molecule has 0 N–H and O–H groups in total. The number of pyridine rings is 1. The molecule has 1 aromatic heterocycles. The first-order valence-electron chi connectivity index (χ1n) is 14.8. The number of rotatable bonds is 7. The van der Waals surface area contributed by atoms with Crippen LogP contribution in [0.15, 0.2) is 127 Å². The third kappa shape index (κ3) is 4.55. The Labute approximate surface area is 246 Å². The van der Waals surface area contributed by atoms with Crippen LogP contribution in [0.1, 0.15) is 49.3 Å². The van der Waals surface area contributed by atoms with Crippen LogP contribution >= 0.6 is 0 Å². The lowest BCUT2D eigenvalue weighted by atomic mass is 9.66. The molecule has 42 heavy (non-hydrogen) atoms. The Balaban J connectivity index is 1.43. The average Bonchev–Trinajstić information content (AvgIpc) is 3.26. The number of para-hydroxylation sites is 2. The maximum Gasteiger partial charge on any atom is 0.314 e. The van der Waals surface area contributed by atoms with Crippen molar-refractivity contribution in [3.63, 3.8) is 0 Å². The number of aromatic nitrogens is 1. The molecular weight excluding hydrogens is 514 g/mol. The maximum atomic E-state index is 13.6. The minimum atomic E-state index is -0.434. The lowest BCUT2D eigenvalue weighted by Gasteiger charge is -2.36. The van der Waals surface area contributed by atoms with E-state index < -0.39 is 5.41 Å². The Kier molecular flexibility index (Phi) is 6.59. The molecule has 206 valence electrons. The summed E-state index contributed by atoms with van der Waals surface area (Å²) in [6, 6.07) is 43.9. The second kappa shape index (κ2) is 10.6. The van der Waals surface area contributed by atoms with Gasteiger partial charge in [-0.2, -0.15) is 0 Å². The summed E-state index contributed by atoms with van der Waals surface area (Å²) in [5, 5.41) is 3.51. The molecule has 1 heterocycles. The molecule has 0 bridgehead atoms. The van der Waals surface area contributed by atoms with E-state index in [0.717, 1.165) is 23.0 Å². The number of nitrogens with zero attached hydrogens (tertiary/aromatic N) is 1. The number of esters is 1. The maximum absolute atomic E-state index is 13.6. The van der Waals surface area contributed by atoms with Crippen molar-refractivity contribution in [1.29, 1.82) is 0 Å². The first-order valence-corrected chi connectivity index (χ1v) is 14.8. The fourth-order valence-electron chi connectivity index (χ4n) is 6.92. The van der Waals surface area contributed by atoms with E-state index in [9.17, 15) is 4.79 Å². The molecule has 0 saturated carbocycles. The highest BCUT2D eigenvalue weighted by Crippen LogP contribution is 2.56. The summed E-state index contributed by atoms with van der Waals surface area (Å²) in [7, 11) is 0. The van der Waals surface area contributed by atoms with Gasteiger partial charge in [0.1, 0.15) is 5.75 Å². The van der Waals surface area contributed by atoms with Crippen molar-refractivity contribution >= 4 is 27.6 Å². The predicted octanol–water partition coefficient (Wildman–Crippen LogP) is 9.48. The zero-order valence-electron chi connectivity index (χ0n) is 24.0. The standard InChI is InChI=1S/C39H33NO2/c1-26(28-13-5-3-6-14-28)24-39(25-27(2)38(41)42-32-18-7-4-8-19-32)34-22-30-16-10-9-15-29(30)21-33(34)37-35(39)23-31-17-11-12-20-36(31)40-37/h3-23,26-27H,24-25H2,1-2H3/t26-,27-,39?/m0/s1. The topological polar surface area (TPSA) is 39.2 Å². The third-order valence-electron chi connectivity index (χ3n) is 8.94. The van der Waals surface area contributed by atoms with E-state index >= 15 is 0 Å². The number of benzene rings is 5. The minimum absolute atomic E-state index is 0.211. The van der Waals surface area contributed by atoms with Gasteiger partial charge in [-0.25, -0.2) is 4.98 Å². The molecule has 5 aromatic carbocycles. The van der Waals surface area contributed by atoms with Crippen LogP contribution in [0.25, 0.3) is 32.9 Å². The molecular formula is C39H33NO2. The zero-order valence-corrected chi connectivity index (χ0v) is 24.0. The number of carbonyl (C=O) groups is 1. The predicted molar refractivity (Wildman–Crippen MR) is 171 cm³/mol. The Morgan fingerprint density at radius 2 is 1.29 bits per heavy atom. The molecule has 1 unspecified atom stereocenters. The van der Waals surface area contributed by atoms with Gasteiger partial charge in [0, 0.05) is 16.4 Å². The minimum Gasteiger partial charge on any atom is -0.426 e. The average molecular weight is 548 g/mol. The molecule has 3 nitrogen and oxygen atoms in total. The number of fused-ring (bicyclic) bond motifs is 5. The number of hydrogen-bond acceptors (Lipinski definition) is 3. The van der Waals surface area contributed by atoms with Crippen LogP contribution < -0.4 is 4.74 Å². The SMILES string of the molecule is C[C@@H](CC1(C[C@H](C)c2ccccc2)c2cc3ccccc3cc2-c2nc3ccccc3cc21)C(=O)Oc1ccccc1. The Bertz CT molecular complexity index is 1830. The van der Waals surface area contributed by atoms with Gasteiger partial charge in [0.15, 0.2) is 0 Å². The van der Waals surface area contributed by atoms with Gasteiger partial charge in [0.2, 0.25) is 0 Å². The van der Waals surface area contributed by atoms with E-state index in [1.165, 1.54) is 33.0 Å². The van der Waals surface area contributed by atoms with Crippen molar-refractivity contribution < 1.29 is 9.53 Å². The van der Waals surface area contributed by atoms with Crippen LogP contribution in [-0.4, -0.2) is 11.0 Å². The molecule has 0 fully saturated rings. The molecule has 0 spiro atoms. The van der Waals surface area contributed by atoms with Crippen LogP contribution in [0.3, 0.4) is 0 Å². The molecule has 0 aliphatic heterocycles. The van der Waals surface area contributed by atoms with Gasteiger partial charge in [-0.3, -0.25) is 4.79 Å². The van der Waals surface area contributed by atoms with Crippen LogP contribution in [0, 0.1) is 5.92 Å².